The van der Waals surface area contributed by atoms with E-state index in [4.69, 9.17) is 4.74 Å². The molecule has 1 aromatic rings. The zero-order chi connectivity index (χ0) is 8.73. The zero-order valence-corrected chi connectivity index (χ0v) is 9.87. The van der Waals surface area contributed by atoms with Crippen molar-refractivity contribution in [2.45, 2.75) is 18.4 Å². The Labute approximate surface area is 101 Å². The number of halogens is 2. The molecule has 0 aliphatic carbocycles. The summed E-state index contributed by atoms with van der Waals surface area (Å²) in [6.07, 6.45) is 3.91. The highest BCUT2D eigenvalue weighted by molar-refractivity contribution is 5.85. The highest BCUT2D eigenvalue weighted by atomic mass is 35.5. The van der Waals surface area contributed by atoms with Gasteiger partial charge >= 0.3 is 0 Å². The number of pyridine rings is 1. The Morgan fingerprint density at radius 3 is 2.93 bits per heavy atom. The molecule has 3 nitrogen and oxygen atoms in total. The van der Waals surface area contributed by atoms with Gasteiger partial charge in [0.25, 0.3) is 0 Å². The van der Waals surface area contributed by atoms with E-state index in [1.54, 1.807) is 6.20 Å². The minimum atomic E-state index is 0. The number of rotatable bonds is 0. The standard InChI is InChI=1S/C10H12N2O.2ClH/c1-2-8-6-10(3-5-11-7-10)13-9(8)12-4-1;;/h1-2,4,11H,3,5-7H2;2*1H. The van der Waals surface area contributed by atoms with Crippen molar-refractivity contribution in [2.75, 3.05) is 13.1 Å². The molecule has 2 aliphatic heterocycles. The van der Waals surface area contributed by atoms with Crippen molar-refractivity contribution in [1.29, 1.82) is 0 Å². The largest absolute Gasteiger partial charge is 0.469 e. The second-order valence-corrected chi connectivity index (χ2v) is 3.86. The molecule has 1 aromatic heterocycles. The van der Waals surface area contributed by atoms with Crippen LogP contribution >= 0.6 is 24.8 Å². The third-order valence-corrected chi connectivity index (χ3v) is 2.88. The fourth-order valence-electron chi connectivity index (χ4n) is 2.20. The number of hydrogen-bond donors (Lipinski definition) is 1. The molecule has 84 valence electrons. The first kappa shape index (κ1) is 12.6. The van der Waals surface area contributed by atoms with Crippen LogP contribution in [-0.2, 0) is 6.42 Å². The molecule has 1 spiro atoms. The first-order valence-electron chi connectivity index (χ1n) is 4.72. The van der Waals surface area contributed by atoms with Crippen LogP contribution in [0, 0.1) is 0 Å². The van der Waals surface area contributed by atoms with Crippen molar-refractivity contribution in [1.82, 2.24) is 10.3 Å². The molecule has 2 aliphatic rings. The summed E-state index contributed by atoms with van der Waals surface area (Å²) in [4.78, 5) is 4.23. The van der Waals surface area contributed by atoms with Crippen LogP contribution in [0.4, 0.5) is 0 Å². The lowest BCUT2D eigenvalue weighted by atomic mass is 9.97. The average Bonchev–Trinajstić information content (AvgIpc) is 2.72. The molecule has 3 heterocycles. The first-order valence-corrected chi connectivity index (χ1v) is 4.72. The van der Waals surface area contributed by atoms with Gasteiger partial charge in [-0.15, -0.1) is 24.8 Å². The molecule has 1 fully saturated rings. The Balaban J connectivity index is 0.000000562. The maximum atomic E-state index is 5.88. The van der Waals surface area contributed by atoms with E-state index in [9.17, 15) is 0 Å². The number of nitrogens with one attached hydrogen (secondary N) is 1. The molecule has 3 rings (SSSR count). The van der Waals surface area contributed by atoms with Crippen molar-refractivity contribution in [2.24, 2.45) is 0 Å². The maximum Gasteiger partial charge on any atom is 0.217 e. The van der Waals surface area contributed by atoms with Gasteiger partial charge in [0.2, 0.25) is 5.88 Å². The second-order valence-electron chi connectivity index (χ2n) is 3.86. The Morgan fingerprint density at radius 1 is 1.40 bits per heavy atom. The summed E-state index contributed by atoms with van der Waals surface area (Å²) in [5, 5.41) is 3.34. The van der Waals surface area contributed by atoms with Gasteiger partial charge in [-0.25, -0.2) is 4.98 Å². The van der Waals surface area contributed by atoms with Gasteiger partial charge in [-0.05, 0) is 12.6 Å². The fourth-order valence-corrected chi connectivity index (χ4v) is 2.20. The predicted molar refractivity (Wildman–Crippen MR) is 63.3 cm³/mol. The minimum absolute atomic E-state index is 0. The Hall–Kier alpha value is -0.510. The average molecular weight is 249 g/mol. The molecule has 1 atom stereocenters. The molecule has 15 heavy (non-hydrogen) atoms. The first-order chi connectivity index (χ1) is 6.38. The van der Waals surface area contributed by atoms with Crippen LogP contribution < -0.4 is 10.1 Å². The monoisotopic (exact) mass is 248 g/mol. The number of nitrogens with zero attached hydrogens (tertiary/aromatic N) is 1. The Kier molecular flexibility index (Phi) is 3.82. The van der Waals surface area contributed by atoms with Crippen LogP contribution in [0.1, 0.15) is 12.0 Å². The molecular formula is C10H14Cl2N2O. The van der Waals surface area contributed by atoms with E-state index in [0.29, 0.717) is 0 Å². The molecular weight excluding hydrogens is 235 g/mol. The Bertz CT molecular complexity index is 313. The minimum Gasteiger partial charge on any atom is -0.469 e. The van der Waals surface area contributed by atoms with Gasteiger partial charge in [0, 0.05) is 31.1 Å². The third kappa shape index (κ3) is 2.05. The SMILES string of the molecule is Cl.Cl.c1cnc2c(c1)CC1(CCNC1)O2. The summed E-state index contributed by atoms with van der Waals surface area (Å²) in [5.41, 5.74) is 1.28. The molecule has 0 aromatic carbocycles. The van der Waals surface area contributed by atoms with Crippen LogP contribution in [0.2, 0.25) is 0 Å². The van der Waals surface area contributed by atoms with Gasteiger partial charge < -0.3 is 10.1 Å². The summed E-state index contributed by atoms with van der Waals surface area (Å²) < 4.78 is 5.88. The van der Waals surface area contributed by atoms with E-state index in [2.05, 4.69) is 16.4 Å². The number of fused-ring (bicyclic) bond motifs is 1. The number of hydrogen-bond acceptors (Lipinski definition) is 3. The summed E-state index contributed by atoms with van der Waals surface area (Å²) in [6.45, 7) is 2.03. The normalized spacial score (nSPS) is 26.4. The molecule has 1 unspecified atom stereocenters. The van der Waals surface area contributed by atoms with E-state index < -0.39 is 0 Å². The van der Waals surface area contributed by atoms with E-state index >= 15 is 0 Å². The van der Waals surface area contributed by atoms with E-state index in [1.807, 2.05) is 6.07 Å². The summed E-state index contributed by atoms with van der Waals surface area (Å²) in [6, 6.07) is 4.08. The molecule has 0 amide bonds. The fraction of sp³-hybridized carbons (Fsp3) is 0.500. The van der Waals surface area contributed by atoms with Gasteiger partial charge in [0.05, 0.1) is 0 Å². The molecule has 5 heteroatoms. The van der Waals surface area contributed by atoms with Gasteiger partial charge in [-0.3, -0.25) is 0 Å². The van der Waals surface area contributed by atoms with E-state index in [1.165, 1.54) is 5.56 Å². The summed E-state index contributed by atoms with van der Waals surface area (Å²) in [7, 11) is 0. The van der Waals surface area contributed by atoms with Gasteiger partial charge in [-0.1, -0.05) is 6.07 Å². The predicted octanol–water partition coefficient (Wildman–Crippen LogP) is 1.59. The van der Waals surface area contributed by atoms with E-state index in [0.717, 1.165) is 31.8 Å². The summed E-state index contributed by atoms with van der Waals surface area (Å²) >= 11 is 0. The molecule has 0 radical (unpaired) electrons. The number of ether oxygens (including phenoxy) is 1. The van der Waals surface area contributed by atoms with Crippen molar-refractivity contribution in [3.05, 3.63) is 23.9 Å². The second kappa shape index (κ2) is 4.56. The van der Waals surface area contributed by atoms with Gasteiger partial charge in [0.1, 0.15) is 5.60 Å². The van der Waals surface area contributed by atoms with Crippen molar-refractivity contribution >= 4 is 24.8 Å². The van der Waals surface area contributed by atoms with E-state index in [-0.39, 0.29) is 30.4 Å². The summed E-state index contributed by atoms with van der Waals surface area (Å²) in [5.74, 6) is 0.839. The van der Waals surface area contributed by atoms with Crippen LogP contribution in [0.15, 0.2) is 18.3 Å². The van der Waals surface area contributed by atoms with Crippen LogP contribution in [0.5, 0.6) is 5.88 Å². The molecule has 1 N–H and O–H groups in total. The smallest absolute Gasteiger partial charge is 0.217 e. The maximum absolute atomic E-state index is 5.88. The molecule has 0 bridgehead atoms. The topological polar surface area (TPSA) is 34.2 Å². The lowest BCUT2D eigenvalue weighted by Crippen LogP contribution is -2.36. The van der Waals surface area contributed by atoms with Crippen molar-refractivity contribution < 1.29 is 4.74 Å². The van der Waals surface area contributed by atoms with Crippen LogP contribution in [-0.4, -0.2) is 23.7 Å². The zero-order valence-electron chi connectivity index (χ0n) is 8.23. The van der Waals surface area contributed by atoms with Gasteiger partial charge in [0.15, 0.2) is 0 Å². The Morgan fingerprint density at radius 2 is 2.27 bits per heavy atom. The van der Waals surface area contributed by atoms with Gasteiger partial charge in [-0.2, -0.15) is 0 Å². The quantitative estimate of drug-likeness (QED) is 0.758. The number of aromatic nitrogens is 1. The van der Waals surface area contributed by atoms with Crippen molar-refractivity contribution in [3.63, 3.8) is 0 Å². The van der Waals surface area contributed by atoms with Crippen molar-refractivity contribution in [3.8, 4) is 5.88 Å². The lowest BCUT2D eigenvalue weighted by molar-refractivity contribution is 0.112. The van der Waals surface area contributed by atoms with Crippen LogP contribution in [0.3, 0.4) is 0 Å². The molecule has 1 saturated heterocycles. The van der Waals surface area contributed by atoms with Crippen LogP contribution in [0.25, 0.3) is 0 Å². The highest BCUT2D eigenvalue weighted by Crippen LogP contribution is 2.36. The molecule has 0 saturated carbocycles. The lowest BCUT2D eigenvalue weighted by Gasteiger charge is -2.20. The third-order valence-electron chi connectivity index (χ3n) is 2.88. The highest BCUT2D eigenvalue weighted by Gasteiger charge is 2.42.